The van der Waals surface area contributed by atoms with Gasteiger partial charge in [-0.05, 0) is 25.0 Å². The van der Waals surface area contributed by atoms with Crippen LogP contribution in [0.1, 0.15) is 42.5 Å². The van der Waals surface area contributed by atoms with Crippen molar-refractivity contribution in [2.24, 2.45) is 0 Å². The normalized spacial score (nSPS) is 16.5. The molecule has 1 saturated carbocycles. The van der Waals surface area contributed by atoms with Crippen LogP contribution in [-0.4, -0.2) is 19.4 Å². The van der Waals surface area contributed by atoms with Crippen LogP contribution >= 0.6 is 0 Å². The van der Waals surface area contributed by atoms with E-state index in [1.807, 2.05) is 12.1 Å². The number of hydrogen-bond acceptors (Lipinski definition) is 3. The Balaban J connectivity index is 2.07. The molecule has 0 atom stereocenters. The number of carbonyl (C=O) groups excluding carboxylic acids is 1. The van der Waals surface area contributed by atoms with E-state index in [-0.39, 0.29) is 0 Å². The van der Waals surface area contributed by atoms with Crippen molar-refractivity contribution in [3.8, 4) is 5.75 Å². The van der Waals surface area contributed by atoms with E-state index in [0.29, 0.717) is 17.4 Å². The van der Waals surface area contributed by atoms with Gasteiger partial charge in [-0.25, -0.2) is 0 Å². The number of carbonyl (C=O) groups is 1. The molecule has 0 bridgehead atoms. The SMILES string of the molecule is COc1cc(NC2CCCCC2)ccc1C=O. The molecule has 0 aromatic heterocycles. The van der Waals surface area contributed by atoms with Gasteiger partial charge < -0.3 is 10.1 Å². The summed E-state index contributed by atoms with van der Waals surface area (Å²) in [6.45, 7) is 0. The lowest BCUT2D eigenvalue weighted by atomic mass is 9.95. The third kappa shape index (κ3) is 2.99. The van der Waals surface area contributed by atoms with E-state index in [1.165, 1.54) is 32.1 Å². The van der Waals surface area contributed by atoms with Crippen molar-refractivity contribution < 1.29 is 9.53 Å². The van der Waals surface area contributed by atoms with Gasteiger partial charge in [-0.1, -0.05) is 19.3 Å². The summed E-state index contributed by atoms with van der Waals surface area (Å²) in [5, 5.41) is 3.51. The number of aldehydes is 1. The van der Waals surface area contributed by atoms with Crippen molar-refractivity contribution in [3.63, 3.8) is 0 Å². The van der Waals surface area contributed by atoms with Crippen LogP contribution in [0.2, 0.25) is 0 Å². The Morgan fingerprint density at radius 2 is 2.06 bits per heavy atom. The molecule has 0 unspecified atom stereocenters. The van der Waals surface area contributed by atoms with E-state index in [2.05, 4.69) is 5.32 Å². The average molecular weight is 233 g/mol. The average Bonchev–Trinajstić information content (AvgIpc) is 2.40. The summed E-state index contributed by atoms with van der Waals surface area (Å²) < 4.78 is 5.19. The highest BCUT2D eigenvalue weighted by Gasteiger charge is 2.13. The van der Waals surface area contributed by atoms with Crippen LogP contribution in [0, 0.1) is 0 Å². The summed E-state index contributed by atoms with van der Waals surface area (Å²) in [7, 11) is 1.59. The lowest BCUT2D eigenvalue weighted by molar-refractivity contribution is 0.112. The van der Waals surface area contributed by atoms with Gasteiger partial charge in [0.1, 0.15) is 5.75 Å². The first-order valence-electron chi connectivity index (χ1n) is 6.23. The minimum atomic E-state index is 0.565. The number of nitrogens with one attached hydrogen (secondary N) is 1. The molecule has 1 aromatic rings. The van der Waals surface area contributed by atoms with Gasteiger partial charge in [-0.3, -0.25) is 4.79 Å². The summed E-state index contributed by atoms with van der Waals surface area (Å²) in [6.07, 6.45) is 7.26. The summed E-state index contributed by atoms with van der Waals surface area (Å²) in [6, 6.07) is 6.21. The van der Waals surface area contributed by atoms with Crippen molar-refractivity contribution in [3.05, 3.63) is 23.8 Å². The van der Waals surface area contributed by atoms with E-state index in [0.717, 1.165) is 12.0 Å². The maximum atomic E-state index is 10.8. The number of ether oxygens (including phenoxy) is 1. The summed E-state index contributed by atoms with van der Waals surface area (Å²) in [5.41, 5.74) is 1.64. The second-order valence-electron chi connectivity index (χ2n) is 4.55. The molecular weight excluding hydrogens is 214 g/mol. The van der Waals surface area contributed by atoms with Crippen LogP contribution < -0.4 is 10.1 Å². The van der Waals surface area contributed by atoms with E-state index in [1.54, 1.807) is 13.2 Å². The predicted molar refractivity (Wildman–Crippen MR) is 68.9 cm³/mol. The highest BCUT2D eigenvalue weighted by molar-refractivity contribution is 5.80. The highest BCUT2D eigenvalue weighted by atomic mass is 16.5. The Morgan fingerprint density at radius 3 is 2.71 bits per heavy atom. The Morgan fingerprint density at radius 1 is 1.29 bits per heavy atom. The molecule has 1 aliphatic rings. The van der Waals surface area contributed by atoms with Crippen molar-refractivity contribution in [2.45, 2.75) is 38.1 Å². The van der Waals surface area contributed by atoms with Gasteiger partial charge in [0.2, 0.25) is 0 Å². The molecule has 1 N–H and O–H groups in total. The summed E-state index contributed by atoms with van der Waals surface area (Å²) in [4.78, 5) is 10.8. The predicted octanol–water partition coefficient (Wildman–Crippen LogP) is 3.25. The number of hydrogen-bond donors (Lipinski definition) is 1. The molecule has 0 spiro atoms. The molecule has 0 radical (unpaired) electrons. The van der Waals surface area contributed by atoms with Crippen molar-refractivity contribution in [1.82, 2.24) is 0 Å². The first-order chi connectivity index (χ1) is 8.33. The Hall–Kier alpha value is -1.51. The number of benzene rings is 1. The number of anilines is 1. The van der Waals surface area contributed by atoms with Crippen molar-refractivity contribution >= 4 is 12.0 Å². The van der Waals surface area contributed by atoms with Gasteiger partial charge in [0.15, 0.2) is 6.29 Å². The quantitative estimate of drug-likeness (QED) is 0.811. The fourth-order valence-corrected chi connectivity index (χ4v) is 2.38. The Bertz CT molecular complexity index is 384. The third-order valence-corrected chi connectivity index (χ3v) is 3.34. The van der Waals surface area contributed by atoms with Gasteiger partial charge >= 0.3 is 0 Å². The Kier molecular flexibility index (Phi) is 4.02. The zero-order valence-electron chi connectivity index (χ0n) is 10.2. The summed E-state index contributed by atoms with van der Waals surface area (Å²) in [5.74, 6) is 0.640. The second-order valence-corrected chi connectivity index (χ2v) is 4.55. The largest absolute Gasteiger partial charge is 0.496 e. The molecular formula is C14H19NO2. The molecule has 0 heterocycles. The summed E-state index contributed by atoms with van der Waals surface area (Å²) >= 11 is 0. The minimum Gasteiger partial charge on any atom is -0.496 e. The molecule has 2 rings (SSSR count). The number of methoxy groups -OCH3 is 1. The fraction of sp³-hybridized carbons (Fsp3) is 0.500. The second kappa shape index (κ2) is 5.71. The van der Waals surface area contributed by atoms with Crippen LogP contribution in [0.3, 0.4) is 0 Å². The first-order valence-corrected chi connectivity index (χ1v) is 6.23. The third-order valence-electron chi connectivity index (χ3n) is 3.34. The van der Waals surface area contributed by atoms with E-state index in [4.69, 9.17) is 4.74 Å². The monoisotopic (exact) mass is 233 g/mol. The molecule has 0 amide bonds. The number of rotatable bonds is 4. The molecule has 17 heavy (non-hydrogen) atoms. The van der Waals surface area contributed by atoms with Gasteiger partial charge in [0.25, 0.3) is 0 Å². The molecule has 1 aliphatic carbocycles. The maximum absolute atomic E-state index is 10.8. The zero-order valence-corrected chi connectivity index (χ0v) is 10.2. The van der Waals surface area contributed by atoms with Crippen LogP contribution in [-0.2, 0) is 0 Å². The lowest BCUT2D eigenvalue weighted by Gasteiger charge is -2.24. The smallest absolute Gasteiger partial charge is 0.153 e. The fourth-order valence-electron chi connectivity index (χ4n) is 2.38. The maximum Gasteiger partial charge on any atom is 0.153 e. The van der Waals surface area contributed by atoms with Gasteiger partial charge in [0.05, 0.1) is 12.7 Å². The Labute approximate surface area is 102 Å². The first kappa shape index (κ1) is 12.0. The zero-order chi connectivity index (χ0) is 12.1. The highest BCUT2D eigenvalue weighted by Crippen LogP contribution is 2.25. The van der Waals surface area contributed by atoms with E-state index >= 15 is 0 Å². The molecule has 1 aromatic carbocycles. The molecule has 3 heteroatoms. The molecule has 1 fully saturated rings. The van der Waals surface area contributed by atoms with Gasteiger partial charge in [-0.15, -0.1) is 0 Å². The van der Waals surface area contributed by atoms with E-state index in [9.17, 15) is 4.79 Å². The van der Waals surface area contributed by atoms with E-state index < -0.39 is 0 Å². The van der Waals surface area contributed by atoms with Crippen molar-refractivity contribution in [1.29, 1.82) is 0 Å². The standard InChI is InChI=1S/C14H19NO2/c1-17-14-9-13(8-7-11(14)10-16)15-12-5-3-2-4-6-12/h7-10,12,15H,2-6H2,1H3. The van der Waals surface area contributed by atoms with Crippen LogP contribution in [0.4, 0.5) is 5.69 Å². The topological polar surface area (TPSA) is 38.3 Å². The van der Waals surface area contributed by atoms with Crippen LogP contribution in [0.5, 0.6) is 5.75 Å². The lowest BCUT2D eigenvalue weighted by Crippen LogP contribution is -2.22. The molecule has 92 valence electrons. The minimum absolute atomic E-state index is 0.565. The van der Waals surface area contributed by atoms with Crippen molar-refractivity contribution in [2.75, 3.05) is 12.4 Å². The molecule has 0 aliphatic heterocycles. The molecule has 0 saturated heterocycles. The van der Waals surface area contributed by atoms with Crippen LogP contribution in [0.15, 0.2) is 18.2 Å². The molecule has 3 nitrogen and oxygen atoms in total. The van der Waals surface area contributed by atoms with Crippen LogP contribution in [0.25, 0.3) is 0 Å². The van der Waals surface area contributed by atoms with Gasteiger partial charge in [-0.2, -0.15) is 0 Å². The van der Waals surface area contributed by atoms with Gasteiger partial charge in [0, 0.05) is 17.8 Å².